The Balaban J connectivity index is 1.44. The van der Waals surface area contributed by atoms with Gasteiger partial charge < -0.3 is 19.6 Å². The van der Waals surface area contributed by atoms with Crippen LogP contribution in [-0.2, 0) is 0 Å². The van der Waals surface area contributed by atoms with Crippen LogP contribution < -0.4 is 14.5 Å². The SMILES string of the molecule is CC(=O)c1ccc(OC[C@H](O)C[NH+]2CCN(c3cc(Cl)ccc3C)CC2)cc1. The van der Waals surface area contributed by atoms with E-state index in [0.717, 1.165) is 31.2 Å². The van der Waals surface area contributed by atoms with Crippen molar-refractivity contribution >= 4 is 23.1 Å². The van der Waals surface area contributed by atoms with E-state index >= 15 is 0 Å². The number of halogens is 1. The number of rotatable bonds is 7. The number of anilines is 1. The fourth-order valence-electron chi connectivity index (χ4n) is 3.56. The number of ether oxygens (including phenoxy) is 1. The molecule has 0 aliphatic carbocycles. The minimum atomic E-state index is -0.526. The van der Waals surface area contributed by atoms with E-state index in [4.69, 9.17) is 16.3 Å². The molecule has 0 unspecified atom stereocenters. The van der Waals surface area contributed by atoms with E-state index in [0.29, 0.717) is 17.9 Å². The number of carbonyl (C=O) groups is 1. The van der Waals surface area contributed by atoms with Crippen LogP contribution in [0.2, 0.25) is 5.02 Å². The number of nitrogens with one attached hydrogen (secondary N) is 1. The fourth-order valence-corrected chi connectivity index (χ4v) is 3.73. The molecule has 0 radical (unpaired) electrons. The van der Waals surface area contributed by atoms with Crippen LogP contribution in [0.1, 0.15) is 22.8 Å². The zero-order valence-corrected chi connectivity index (χ0v) is 17.2. The summed E-state index contributed by atoms with van der Waals surface area (Å²) in [6, 6.07) is 13.0. The summed E-state index contributed by atoms with van der Waals surface area (Å²) in [7, 11) is 0. The van der Waals surface area contributed by atoms with Gasteiger partial charge in [0.25, 0.3) is 0 Å². The van der Waals surface area contributed by atoms with Crippen LogP contribution in [-0.4, -0.2) is 56.3 Å². The monoisotopic (exact) mass is 403 g/mol. The van der Waals surface area contributed by atoms with Crippen molar-refractivity contribution in [2.24, 2.45) is 0 Å². The third-order valence-electron chi connectivity index (χ3n) is 5.21. The second kappa shape index (κ2) is 9.41. The van der Waals surface area contributed by atoms with Crippen LogP contribution in [0.4, 0.5) is 5.69 Å². The third-order valence-corrected chi connectivity index (χ3v) is 5.45. The standard InChI is InChI=1S/C22H27ClN2O3/c1-16-3-6-19(23)13-22(16)25-11-9-24(10-12-25)14-20(27)15-28-21-7-4-18(5-8-21)17(2)26/h3-8,13,20,27H,9-12,14-15H2,1-2H3/p+1/t20-/m1/s1. The molecule has 1 saturated heterocycles. The molecule has 1 aliphatic heterocycles. The summed E-state index contributed by atoms with van der Waals surface area (Å²) in [5, 5.41) is 11.1. The molecule has 1 fully saturated rings. The highest BCUT2D eigenvalue weighted by Crippen LogP contribution is 2.24. The summed E-state index contributed by atoms with van der Waals surface area (Å²) in [6.45, 7) is 8.37. The molecular formula is C22H28ClN2O3+. The van der Waals surface area contributed by atoms with Crippen molar-refractivity contribution < 1.29 is 19.5 Å². The van der Waals surface area contributed by atoms with Gasteiger partial charge in [-0.05, 0) is 55.8 Å². The Hall–Kier alpha value is -2.08. The lowest BCUT2D eigenvalue weighted by Gasteiger charge is -2.35. The molecule has 0 bridgehead atoms. The van der Waals surface area contributed by atoms with Gasteiger partial charge in [-0.2, -0.15) is 0 Å². The van der Waals surface area contributed by atoms with Gasteiger partial charge >= 0.3 is 0 Å². The molecule has 1 heterocycles. The maximum absolute atomic E-state index is 11.3. The molecule has 150 valence electrons. The largest absolute Gasteiger partial charge is 0.491 e. The minimum absolute atomic E-state index is 0.0299. The van der Waals surface area contributed by atoms with Crippen molar-refractivity contribution in [2.75, 3.05) is 44.2 Å². The lowest BCUT2D eigenvalue weighted by molar-refractivity contribution is -0.903. The predicted octanol–water partition coefficient (Wildman–Crippen LogP) is 2.00. The first-order valence-electron chi connectivity index (χ1n) is 9.69. The molecule has 2 N–H and O–H groups in total. The second-order valence-electron chi connectivity index (χ2n) is 7.42. The summed E-state index contributed by atoms with van der Waals surface area (Å²) in [5.74, 6) is 0.697. The van der Waals surface area contributed by atoms with Gasteiger partial charge in [-0.15, -0.1) is 0 Å². The van der Waals surface area contributed by atoms with Crippen molar-refractivity contribution in [3.63, 3.8) is 0 Å². The van der Waals surface area contributed by atoms with Gasteiger partial charge in [0.1, 0.15) is 25.0 Å². The molecule has 2 aromatic rings. The van der Waals surface area contributed by atoms with Crippen molar-refractivity contribution in [1.82, 2.24) is 0 Å². The number of nitrogens with zero attached hydrogens (tertiary/aromatic N) is 1. The van der Waals surface area contributed by atoms with Gasteiger partial charge in [0, 0.05) is 16.3 Å². The highest BCUT2D eigenvalue weighted by Gasteiger charge is 2.23. The second-order valence-corrected chi connectivity index (χ2v) is 7.85. The maximum Gasteiger partial charge on any atom is 0.159 e. The van der Waals surface area contributed by atoms with Crippen LogP contribution in [0.5, 0.6) is 5.75 Å². The smallest absolute Gasteiger partial charge is 0.159 e. The molecule has 2 aromatic carbocycles. The van der Waals surface area contributed by atoms with Gasteiger partial charge in [0.05, 0.1) is 26.2 Å². The highest BCUT2D eigenvalue weighted by molar-refractivity contribution is 6.30. The van der Waals surface area contributed by atoms with Crippen molar-refractivity contribution in [2.45, 2.75) is 20.0 Å². The Labute approximate surface area is 171 Å². The maximum atomic E-state index is 11.3. The molecule has 5 nitrogen and oxygen atoms in total. The van der Waals surface area contributed by atoms with Gasteiger partial charge in [-0.3, -0.25) is 4.79 Å². The van der Waals surface area contributed by atoms with E-state index in [-0.39, 0.29) is 12.4 Å². The van der Waals surface area contributed by atoms with E-state index in [2.05, 4.69) is 17.9 Å². The Morgan fingerprint density at radius 2 is 1.89 bits per heavy atom. The number of carbonyl (C=O) groups excluding carboxylic acids is 1. The molecule has 1 aliphatic rings. The molecule has 6 heteroatoms. The Morgan fingerprint density at radius 1 is 1.21 bits per heavy atom. The van der Waals surface area contributed by atoms with Gasteiger partial charge in [-0.1, -0.05) is 17.7 Å². The molecule has 1 atom stereocenters. The topological polar surface area (TPSA) is 54.2 Å². The van der Waals surface area contributed by atoms with Gasteiger partial charge in [0.15, 0.2) is 5.78 Å². The number of ketones is 1. The molecule has 0 amide bonds. The summed E-state index contributed by atoms with van der Waals surface area (Å²) >= 11 is 6.15. The van der Waals surface area contributed by atoms with Crippen LogP contribution in [0.15, 0.2) is 42.5 Å². The van der Waals surface area contributed by atoms with Crippen molar-refractivity contribution in [1.29, 1.82) is 0 Å². The molecule has 0 aromatic heterocycles. The molecule has 0 saturated carbocycles. The first-order chi connectivity index (χ1) is 13.4. The quantitative estimate of drug-likeness (QED) is 0.694. The first-order valence-corrected chi connectivity index (χ1v) is 10.1. The molecular weight excluding hydrogens is 376 g/mol. The van der Waals surface area contributed by atoms with Gasteiger partial charge in [-0.25, -0.2) is 0 Å². The summed E-state index contributed by atoms with van der Waals surface area (Å²) in [5.41, 5.74) is 3.09. The summed E-state index contributed by atoms with van der Waals surface area (Å²) in [6.07, 6.45) is -0.526. The van der Waals surface area contributed by atoms with Gasteiger partial charge in [0.2, 0.25) is 0 Å². The number of hydrogen-bond acceptors (Lipinski definition) is 4. The van der Waals surface area contributed by atoms with E-state index in [9.17, 15) is 9.90 Å². The average molecular weight is 404 g/mol. The van der Waals surface area contributed by atoms with E-state index < -0.39 is 6.10 Å². The van der Waals surface area contributed by atoms with E-state index in [1.54, 1.807) is 24.3 Å². The van der Waals surface area contributed by atoms with Crippen LogP contribution in [0.25, 0.3) is 0 Å². The van der Waals surface area contributed by atoms with Crippen molar-refractivity contribution in [3.05, 3.63) is 58.6 Å². The van der Waals surface area contributed by atoms with E-state index in [1.807, 2.05) is 12.1 Å². The normalized spacial score (nSPS) is 16.1. The number of Topliss-reactive ketones (excluding diaryl/α,β-unsaturated/α-hetero) is 1. The number of aryl methyl sites for hydroxylation is 1. The first kappa shape index (κ1) is 20.6. The zero-order valence-electron chi connectivity index (χ0n) is 16.5. The number of piperazine rings is 1. The predicted molar refractivity (Wildman–Crippen MR) is 112 cm³/mol. The Kier molecular flexibility index (Phi) is 6.94. The molecule has 0 spiro atoms. The number of quaternary nitrogens is 1. The molecule has 3 rings (SSSR count). The lowest BCUT2D eigenvalue weighted by atomic mass is 10.1. The number of hydrogen-bond donors (Lipinski definition) is 2. The van der Waals surface area contributed by atoms with E-state index in [1.165, 1.54) is 23.1 Å². The van der Waals surface area contributed by atoms with Crippen molar-refractivity contribution in [3.8, 4) is 5.75 Å². The minimum Gasteiger partial charge on any atom is -0.491 e. The van der Waals surface area contributed by atoms with Crippen LogP contribution >= 0.6 is 11.6 Å². The number of aliphatic hydroxyl groups excluding tert-OH is 1. The lowest BCUT2D eigenvalue weighted by Crippen LogP contribution is -3.16. The molecule has 28 heavy (non-hydrogen) atoms. The Bertz CT molecular complexity index is 802. The zero-order chi connectivity index (χ0) is 20.1. The number of benzene rings is 2. The fraction of sp³-hybridized carbons (Fsp3) is 0.409. The highest BCUT2D eigenvalue weighted by atomic mass is 35.5. The average Bonchev–Trinajstić information content (AvgIpc) is 2.69. The summed E-state index contributed by atoms with van der Waals surface area (Å²) < 4.78 is 5.66. The van der Waals surface area contributed by atoms with Crippen LogP contribution in [0, 0.1) is 6.92 Å². The Morgan fingerprint density at radius 3 is 2.54 bits per heavy atom. The summed E-state index contributed by atoms with van der Waals surface area (Å²) in [4.78, 5) is 15.0. The van der Waals surface area contributed by atoms with Crippen LogP contribution in [0.3, 0.4) is 0 Å². The number of aliphatic hydroxyl groups is 1. The third kappa shape index (κ3) is 5.47.